The predicted octanol–water partition coefficient (Wildman–Crippen LogP) is 5.51. The molecular weight excluding hydrogens is 480 g/mol. The van der Waals surface area contributed by atoms with Crippen molar-refractivity contribution in [2.75, 3.05) is 13.1 Å². The van der Waals surface area contributed by atoms with E-state index in [2.05, 4.69) is 11.1 Å². The van der Waals surface area contributed by atoms with E-state index in [0.717, 1.165) is 27.6 Å². The van der Waals surface area contributed by atoms with Gasteiger partial charge in [0.1, 0.15) is 6.54 Å². The average Bonchev–Trinajstić information content (AvgIpc) is 3.33. The fourth-order valence-corrected chi connectivity index (χ4v) is 4.45. The van der Waals surface area contributed by atoms with Gasteiger partial charge >= 0.3 is 0 Å². The molecule has 196 valence electrons. The summed E-state index contributed by atoms with van der Waals surface area (Å²) in [4.78, 5) is 44.2. The third kappa shape index (κ3) is 6.26. The van der Waals surface area contributed by atoms with Gasteiger partial charge in [-0.3, -0.25) is 19.7 Å². The van der Waals surface area contributed by atoms with Crippen molar-refractivity contribution >= 4 is 28.4 Å². The van der Waals surface area contributed by atoms with E-state index in [-0.39, 0.29) is 29.7 Å². The van der Waals surface area contributed by atoms with Crippen molar-refractivity contribution in [2.45, 2.75) is 39.8 Å². The molecule has 8 nitrogen and oxygen atoms in total. The summed E-state index contributed by atoms with van der Waals surface area (Å²) in [6.45, 7) is 6.45. The van der Waals surface area contributed by atoms with Crippen molar-refractivity contribution in [3.8, 4) is 0 Å². The molecule has 3 aromatic carbocycles. The molecule has 1 N–H and O–H groups in total. The molecule has 1 aromatic heterocycles. The summed E-state index contributed by atoms with van der Waals surface area (Å²) >= 11 is 0. The first-order valence-electron chi connectivity index (χ1n) is 12.7. The van der Waals surface area contributed by atoms with Crippen LogP contribution in [0.15, 0.2) is 79.0 Å². The molecule has 0 aliphatic carbocycles. The Morgan fingerprint density at radius 2 is 1.74 bits per heavy atom. The number of amides is 2. The third-order valence-electron chi connectivity index (χ3n) is 6.67. The average molecular weight is 513 g/mol. The maximum Gasteiger partial charge on any atom is 0.270 e. The van der Waals surface area contributed by atoms with E-state index < -0.39 is 10.8 Å². The second-order valence-electron chi connectivity index (χ2n) is 9.74. The number of carbonyl (C=O) groups excluding carboxylic acids is 2. The van der Waals surface area contributed by atoms with Crippen molar-refractivity contribution in [2.24, 2.45) is 0 Å². The van der Waals surface area contributed by atoms with Crippen LogP contribution in [0.2, 0.25) is 0 Å². The summed E-state index contributed by atoms with van der Waals surface area (Å²) in [7, 11) is 0. The SMILES string of the molecule is Cc1ccc(CN(CCc2c[nH]c3ccccc23)C(=O)CN(C(=O)c2cccc([N+](=O)[O-])c2)C(C)C)cc1. The van der Waals surface area contributed by atoms with Crippen molar-refractivity contribution < 1.29 is 14.5 Å². The van der Waals surface area contributed by atoms with Gasteiger partial charge in [-0.1, -0.05) is 54.1 Å². The minimum Gasteiger partial charge on any atom is -0.361 e. The molecule has 38 heavy (non-hydrogen) atoms. The fraction of sp³-hybridized carbons (Fsp3) is 0.267. The summed E-state index contributed by atoms with van der Waals surface area (Å²) in [5, 5.41) is 12.3. The van der Waals surface area contributed by atoms with Crippen LogP contribution in [0.1, 0.15) is 40.9 Å². The number of carbonyl (C=O) groups is 2. The summed E-state index contributed by atoms with van der Waals surface area (Å²) in [6, 6.07) is 21.5. The third-order valence-corrected chi connectivity index (χ3v) is 6.67. The molecule has 0 aliphatic rings. The number of nitro benzene ring substituents is 1. The highest BCUT2D eigenvalue weighted by atomic mass is 16.6. The van der Waals surface area contributed by atoms with Gasteiger partial charge in [0.15, 0.2) is 0 Å². The number of aromatic amines is 1. The highest BCUT2D eigenvalue weighted by Crippen LogP contribution is 2.20. The van der Waals surface area contributed by atoms with Gasteiger partial charge in [0.25, 0.3) is 11.6 Å². The molecule has 0 saturated heterocycles. The quantitative estimate of drug-likeness (QED) is 0.224. The number of nitrogens with zero attached hydrogens (tertiary/aromatic N) is 3. The van der Waals surface area contributed by atoms with Crippen LogP contribution in [0.4, 0.5) is 5.69 Å². The van der Waals surface area contributed by atoms with E-state index >= 15 is 0 Å². The van der Waals surface area contributed by atoms with Gasteiger partial charge in [-0.15, -0.1) is 0 Å². The lowest BCUT2D eigenvalue weighted by atomic mass is 10.1. The standard InChI is InChI=1S/C30H32N4O4/c1-21(2)33(30(36)24-7-6-8-26(17-24)34(37)38)20-29(35)32(19-23-13-11-22(3)12-14-23)16-15-25-18-31-28-10-5-4-9-27(25)28/h4-14,17-18,21,31H,15-16,19-20H2,1-3H3. The highest BCUT2D eigenvalue weighted by molar-refractivity contribution is 5.97. The molecule has 0 fully saturated rings. The fourth-order valence-electron chi connectivity index (χ4n) is 4.45. The molecule has 0 atom stereocenters. The van der Waals surface area contributed by atoms with Crippen LogP contribution < -0.4 is 0 Å². The second kappa shape index (κ2) is 11.7. The van der Waals surface area contributed by atoms with Crippen molar-refractivity contribution in [3.63, 3.8) is 0 Å². The molecule has 0 radical (unpaired) electrons. The first-order chi connectivity index (χ1) is 18.2. The Labute approximate surface area is 222 Å². The number of fused-ring (bicyclic) bond motifs is 1. The first kappa shape index (κ1) is 26.6. The Morgan fingerprint density at radius 3 is 2.45 bits per heavy atom. The maximum atomic E-state index is 13.7. The Morgan fingerprint density at radius 1 is 1.00 bits per heavy atom. The largest absolute Gasteiger partial charge is 0.361 e. The van der Waals surface area contributed by atoms with Gasteiger partial charge in [0.05, 0.1) is 4.92 Å². The van der Waals surface area contributed by atoms with Crippen molar-refractivity contribution in [1.82, 2.24) is 14.8 Å². The number of para-hydroxylation sites is 1. The molecule has 0 bridgehead atoms. The molecule has 8 heteroatoms. The Hall–Kier alpha value is -4.46. The normalized spacial score (nSPS) is 11.1. The number of aromatic nitrogens is 1. The minimum absolute atomic E-state index is 0.126. The van der Waals surface area contributed by atoms with E-state index in [9.17, 15) is 19.7 Å². The molecule has 0 unspecified atom stereocenters. The van der Waals surface area contributed by atoms with Crippen LogP contribution in [0.3, 0.4) is 0 Å². The van der Waals surface area contributed by atoms with Crippen LogP contribution in [-0.2, 0) is 17.8 Å². The van der Waals surface area contributed by atoms with E-state index in [4.69, 9.17) is 0 Å². The number of aryl methyl sites for hydroxylation is 1. The van der Waals surface area contributed by atoms with Crippen LogP contribution in [0.5, 0.6) is 0 Å². The molecule has 1 heterocycles. The highest BCUT2D eigenvalue weighted by Gasteiger charge is 2.26. The summed E-state index contributed by atoms with van der Waals surface area (Å²) in [5.74, 6) is -0.595. The van der Waals surface area contributed by atoms with Gasteiger partial charge in [0, 0.05) is 53.9 Å². The first-order valence-corrected chi connectivity index (χ1v) is 12.7. The summed E-state index contributed by atoms with van der Waals surface area (Å²) < 4.78 is 0. The Balaban J connectivity index is 1.56. The molecule has 0 aliphatic heterocycles. The number of nitrogens with one attached hydrogen (secondary N) is 1. The lowest BCUT2D eigenvalue weighted by Gasteiger charge is -2.30. The van der Waals surface area contributed by atoms with Gasteiger partial charge in [0.2, 0.25) is 5.91 Å². The number of nitro groups is 1. The van der Waals surface area contributed by atoms with E-state index in [1.807, 2.05) is 69.4 Å². The Bertz CT molecular complexity index is 1440. The zero-order valence-corrected chi connectivity index (χ0v) is 21.9. The lowest BCUT2D eigenvalue weighted by Crippen LogP contribution is -2.46. The number of hydrogen-bond donors (Lipinski definition) is 1. The number of benzene rings is 3. The molecule has 4 rings (SSSR count). The van der Waals surface area contributed by atoms with Gasteiger partial charge in [-0.25, -0.2) is 0 Å². The second-order valence-corrected chi connectivity index (χ2v) is 9.74. The topological polar surface area (TPSA) is 99.6 Å². The molecular formula is C30H32N4O4. The summed E-state index contributed by atoms with van der Waals surface area (Å²) in [6.07, 6.45) is 2.63. The van der Waals surface area contributed by atoms with E-state index in [0.29, 0.717) is 19.5 Å². The van der Waals surface area contributed by atoms with E-state index in [1.54, 1.807) is 4.90 Å². The lowest BCUT2D eigenvalue weighted by molar-refractivity contribution is -0.384. The zero-order chi connectivity index (χ0) is 27.2. The smallest absolute Gasteiger partial charge is 0.270 e. The van der Waals surface area contributed by atoms with Crippen LogP contribution in [0.25, 0.3) is 10.9 Å². The van der Waals surface area contributed by atoms with Crippen LogP contribution >= 0.6 is 0 Å². The van der Waals surface area contributed by atoms with Gasteiger partial charge in [-0.2, -0.15) is 0 Å². The molecule has 0 spiro atoms. The summed E-state index contributed by atoms with van der Waals surface area (Å²) in [5.41, 5.74) is 4.33. The molecule has 2 amide bonds. The maximum absolute atomic E-state index is 13.7. The number of rotatable bonds is 10. The van der Waals surface area contributed by atoms with E-state index in [1.165, 1.54) is 29.2 Å². The minimum atomic E-state index is -0.532. The van der Waals surface area contributed by atoms with Crippen LogP contribution in [-0.4, -0.2) is 50.7 Å². The number of hydrogen-bond acceptors (Lipinski definition) is 4. The van der Waals surface area contributed by atoms with Gasteiger partial charge in [-0.05, 0) is 50.5 Å². The monoisotopic (exact) mass is 512 g/mol. The van der Waals surface area contributed by atoms with Gasteiger partial charge < -0.3 is 14.8 Å². The zero-order valence-electron chi connectivity index (χ0n) is 21.9. The number of H-pyrrole nitrogens is 1. The molecule has 4 aromatic rings. The van der Waals surface area contributed by atoms with Crippen molar-refractivity contribution in [1.29, 1.82) is 0 Å². The van der Waals surface area contributed by atoms with Crippen molar-refractivity contribution in [3.05, 3.63) is 111 Å². The van der Waals surface area contributed by atoms with Crippen LogP contribution in [0, 0.1) is 17.0 Å². The Kier molecular flexibility index (Phi) is 8.21. The molecule has 0 saturated carbocycles. The predicted molar refractivity (Wildman–Crippen MR) is 148 cm³/mol. The number of non-ortho nitro benzene ring substituents is 1.